The number of aromatic nitrogens is 6. The second kappa shape index (κ2) is 9.37. The van der Waals surface area contributed by atoms with E-state index < -0.39 is 5.97 Å². The van der Waals surface area contributed by atoms with Crippen molar-refractivity contribution in [2.24, 2.45) is 5.92 Å². The fourth-order valence-electron chi connectivity index (χ4n) is 5.33. The first-order chi connectivity index (χ1) is 17.6. The first kappa shape index (κ1) is 22.2. The molecule has 8 nitrogen and oxygen atoms in total. The highest BCUT2D eigenvalue weighted by molar-refractivity contribution is 5.86. The smallest absolute Gasteiger partial charge is 0.303 e. The van der Waals surface area contributed by atoms with Crippen LogP contribution in [0.4, 0.5) is 0 Å². The van der Waals surface area contributed by atoms with Gasteiger partial charge in [0.1, 0.15) is 12.2 Å². The molecule has 36 heavy (non-hydrogen) atoms. The number of fused-ring (bicyclic) bond motifs is 1. The van der Waals surface area contributed by atoms with Gasteiger partial charge in [-0.2, -0.15) is 4.68 Å². The molecule has 8 heteroatoms. The number of carbonyl (C=O) groups is 1. The fourth-order valence-corrected chi connectivity index (χ4v) is 5.33. The molecule has 180 valence electrons. The second-order valence-corrected chi connectivity index (χ2v) is 9.53. The van der Waals surface area contributed by atoms with Gasteiger partial charge in [0.25, 0.3) is 0 Å². The zero-order valence-electron chi connectivity index (χ0n) is 19.7. The number of H-pyrrole nitrogens is 1. The third kappa shape index (κ3) is 4.37. The predicted octanol–water partition coefficient (Wildman–Crippen LogP) is 5.62. The number of tetrazole rings is 1. The number of imidazole rings is 1. The van der Waals surface area contributed by atoms with Crippen LogP contribution in [0.15, 0.2) is 73.1 Å². The van der Waals surface area contributed by atoms with Gasteiger partial charge in [0.15, 0.2) is 0 Å². The van der Waals surface area contributed by atoms with Crippen LogP contribution in [0.25, 0.3) is 39.2 Å². The fraction of sp³-hybridized carbons (Fsp3) is 0.250. The number of nitrogens with one attached hydrogen (secondary N) is 1. The van der Waals surface area contributed by atoms with Gasteiger partial charge >= 0.3 is 5.97 Å². The number of rotatable bonds is 6. The van der Waals surface area contributed by atoms with Gasteiger partial charge in [0.2, 0.25) is 0 Å². The number of hydrogen-bond acceptors (Lipinski definition) is 5. The van der Waals surface area contributed by atoms with E-state index in [2.05, 4.69) is 69.0 Å². The van der Waals surface area contributed by atoms with E-state index in [0.717, 1.165) is 59.4 Å². The van der Waals surface area contributed by atoms with Crippen molar-refractivity contribution in [2.45, 2.75) is 38.0 Å². The Kier molecular flexibility index (Phi) is 5.77. The largest absolute Gasteiger partial charge is 0.481 e. The van der Waals surface area contributed by atoms with E-state index in [1.807, 2.05) is 18.2 Å². The van der Waals surface area contributed by atoms with Crippen molar-refractivity contribution in [3.63, 3.8) is 0 Å². The summed E-state index contributed by atoms with van der Waals surface area (Å²) < 4.78 is 1.62. The summed E-state index contributed by atoms with van der Waals surface area (Å²) in [6.45, 7) is 0. The van der Waals surface area contributed by atoms with Crippen molar-refractivity contribution in [1.82, 2.24) is 30.2 Å². The molecule has 1 saturated carbocycles. The van der Waals surface area contributed by atoms with Gasteiger partial charge in [0, 0.05) is 12.0 Å². The van der Waals surface area contributed by atoms with Gasteiger partial charge < -0.3 is 10.1 Å². The molecular weight excluding hydrogens is 452 g/mol. The molecule has 0 amide bonds. The molecule has 2 aromatic heterocycles. The van der Waals surface area contributed by atoms with Crippen molar-refractivity contribution in [3.8, 4) is 28.2 Å². The molecule has 5 aromatic rings. The lowest BCUT2D eigenvalue weighted by atomic mass is 9.77. The Labute approximate surface area is 208 Å². The molecule has 0 spiro atoms. The number of carboxylic acids is 1. The molecule has 2 N–H and O–H groups in total. The topological polar surface area (TPSA) is 110 Å². The quantitative estimate of drug-likeness (QED) is 0.328. The van der Waals surface area contributed by atoms with Crippen molar-refractivity contribution in [1.29, 1.82) is 0 Å². The molecule has 1 aliphatic carbocycles. The summed E-state index contributed by atoms with van der Waals surface area (Å²) in [6, 6.07) is 23.1. The monoisotopic (exact) mass is 478 g/mol. The van der Waals surface area contributed by atoms with E-state index in [-0.39, 0.29) is 0 Å². The lowest BCUT2D eigenvalue weighted by Crippen LogP contribution is -2.16. The van der Waals surface area contributed by atoms with Crippen LogP contribution in [0.5, 0.6) is 0 Å². The Hall–Kier alpha value is -4.33. The van der Waals surface area contributed by atoms with Crippen LogP contribution in [0.3, 0.4) is 0 Å². The first-order valence-corrected chi connectivity index (χ1v) is 12.3. The summed E-state index contributed by atoms with van der Waals surface area (Å²) >= 11 is 0. The van der Waals surface area contributed by atoms with E-state index >= 15 is 0 Å². The lowest BCUT2D eigenvalue weighted by Gasteiger charge is -2.28. The third-order valence-electron chi connectivity index (χ3n) is 7.28. The highest BCUT2D eigenvalue weighted by Crippen LogP contribution is 2.37. The van der Waals surface area contributed by atoms with Crippen molar-refractivity contribution >= 4 is 17.0 Å². The average molecular weight is 479 g/mol. The van der Waals surface area contributed by atoms with Gasteiger partial charge in [-0.25, -0.2) is 4.98 Å². The van der Waals surface area contributed by atoms with E-state index in [1.165, 1.54) is 11.1 Å². The Morgan fingerprint density at radius 2 is 1.61 bits per heavy atom. The van der Waals surface area contributed by atoms with Crippen LogP contribution < -0.4 is 0 Å². The summed E-state index contributed by atoms with van der Waals surface area (Å²) in [5.74, 6) is 0.973. The number of nitrogens with zero attached hydrogens (tertiary/aromatic N) is 5. The van der Waals surface area contributed by atoms with E-state index in [1.54, 1.807) is 11.0 Å². The van der Waals surface area contributed by atoms with Gasteiger partial charge in [-0.1, -0.05) is 54.6 Å². The molecule has 0 aliphatic heterocycles. The molecule has 0 saturated heterocycles. The summed E-state index contributed by atoms with van der Waals surface area (Å²) in [7, 11) is 0. The molecule has 0 radical (unpaired) electrons. The van der Waals surface area contributed by atoms with Crippen LogP contribution in [0.2, 0.25) is 0 Å². The maximum Gasteiger partial charge on any atom is 0.303 e. The number of carboxylic acid groups (broad SMARTS) is 1. The molecule has 1 aliphatic rings. The van der Waals surface area contributed by atoms with Gasteiger partial charge in [-0.3, -0.25) is 4.79 Å². The predicted molar refractivity (Wildman–Crippen MR) is 137 cm³/mol. The Morgan fingerprint density at radius 3 is 2.28 bits per heavy atom. The minimum Gasteiger partial charge on any atom is -0.481 e. The minimum absolute atomic E-state index is 0.302. The van der Waals surface area contributed by atoms with Gasteiger partial charge in [-0.05, 0) is 76.8 Å². The maximum atomic E-state index is 11.0. The van der Waals surface area contributed by atoms with Crippen LogP contribution in [-0.4, -0.2) is 41.3 Å². The molecule has 2 heterocycles. The Morgan fingerprint density at radius 1 is 0.917 bits per heavy atom. The summed E-state index contributed by atoms with van der Waals surface area (Å²) in [4.78, 5) is 19.2. The molecule has 3 aromatic carbocycles. The Bertz CT molecular complexity index is 1480. The summed E-state index contributed by atoms with van der Waals surface area (Å²) in [5, 5.41) is 20.5. The zero-order valence-corrected chi connectivity index (χ0v) is 19.7. The van der Waals surface area contributed by atoms with E-state index in [0.29, 0.717) is 18.3 Å². The summed E-state index contributed by atoms with van der Waals surface area (Å²) in [6.07, 6.45) is 6.01. The molecule has 0 unspecified atom stereocenters. The first-order valence-electron chi connectivity index (χ1n) is 12.3. The van der Waals surface area contributed by atoms with Crippen molar-refractivity contribution < 1.29 is 9.90 Å². The SMILES string of the molecule is O=C(O)C[C@H]1CC[C@H](c2ccc(-c3ccc(-c4nc5cccc(-n6cnnn6)c5[nH]4)cc3)cc2)CC1. The van der Waals surface area contributed by atoms with Crippen LogP contribution in [0, 0.1) is 5.92 Å². The number of benzene rings is 3. The van der Waals surface area contributed by atoms with E-state index in [9.17, 15) is 4.79 Å². The van der Waals surface area contributed by atoms with Gasteiger partial charge in [-0.15, -0.1) is 5.10 Å². The van der Waals surface area contributed by atoms with Crippen molar-refractivity contribution in [3.05, 3.63) is 78.6 Å². The van der Waals surface area contributed by atoms with Gasteiger partial charge in [0.05, 0.1) is 16.7 Å². The molecule has 1 fully saturated rings. The van der Waals surface area contributed by atoms with Crippen molar-refractivity contribution in [2.75, 3.05) is 0 Å². The Balaban J connectivity index is 1.18. The highest BCUT2D eigenvalue weighted by Gasteiger charge is 2.24. The highest BCUT2D eigenvalue weighted by atomic mass is 16.4. The minimum atomic E-state index is -0.678. The van der Waals surface area contributed by atoms with E-state index in [4.69, 9.17) is 10.1 Å². The lowest BCUT2D eigenvalue weighted by molar-refractivity contribution is -0.138. The standard InChI is InChI=1S/C28H26N6O2/c35-26(36)16-18-4-6-19(7-5-18)20-8-10-21(11-9-20)22-12-14-23(15-13-22)28-30-24-2-1-3-25(27(24)31-28)34-17-29-32-33-34/h1-3,8-15,17-19H,4-7,16H2,(H,30,31)(H,35,36)/t18-,19-. The molecular formula is C28H26N6O2. The number of para-hydroxylation sites is 1. The molecule has 0 bridgehead atoms. The second-order valence-electron chi connectivity index (χ2n) is 9.53. The third-order valence-corrected chi connectivity index (χ3v) is 7.28. The number of hydrogen-bond donors (Lipinski definition) is 2. The summed E-state index contributed by atoms with van der Waals surface area (Å²) in [5.41, 5.74) is 7.28. The maximum absolute atomic E-state index is 11.0. The molecule has 6 rings (SSSR count). The van der Waals surface area contributed by atoms with Crippen LogP contribution in [0.1, 0.15) is 43.6 Å². The molecule has 0 atom stereocenters. The average Bonchev–Trinajstić information content (AvgIpc) is 3.59. The van der Waals surface area contributed by atoms with Crippen LogP contribution in [-0.2, 0) is 4.79 Å². The van der Waals surface area contributed by atoms with Crippen LogP contribution >= 0.6 is 0 Å². The normalized spacial score (nSPS) is 17.9. The number of aromatic amines is 1. The zero-order chi connectivity index (χ0) is 24.5. The number of aliphatic carboxylic acids is 1.